The standard InChI is InChI=1S/C17H16Cl2N2O2/c1-2-9-20-16(22)11-3-6-13(7-4-11)21-17(23)14-8-5-12(18)10-15(14)19/h3-8,10H,2,9H2,1H3,(H,20,22)(H,21,23). The number of rotatable bonds is 5. The van der Waals surface area contributed by atoms with E-state index in [1.807, 2.05) is 6.92 Å². The number of amides is 2. The third kappa shape index (κ3) is 4.71. The zero-order chi connectivity index (χ0) is 16.8. The van der Waals surface area contributed by atoms with Gasteiger partial charge in [-0.15, -0.1) is 0 Å². The summed E-state index contributed by atoms with van der Waals surface area (Å²) in [7, 11) is 0. The predicted molar refractivity (Wildman–Crippen MR) is 93.5 cm³/mol. The molecule has 23 heavy (non-hydrogen) atoms. The molecular weight excluding hydrogens is 335 g/mol. The van der Waals surface area contributed by atoms with Gasteiger partial charge >= 0.3 is 0 Å². The van der Waals surface area contributed by atoms with Gasteiger partial charge in [0.05, 0.1) is 10.6 Å². The first-order valence-electron chi connectivity index (χ1n) is 7.16. The van der Waals surface area contributed by atoms with E-state index in [-0.39, 0.29) is 16.8 Å². The Kier molecular flexibility index (Phi) is 6.02. The van der Waals surface area contributed by atoms with E-state index in [2.05, 4.69) is 10.6 Å². The Balaban J connectivity index is 2.05. The highest BCUT2D eigenvalue weighted by Gasteiger charge is 2.11. The molecule has 0 atom stereocenters. The number of benzene rings is 2. The third-order valence-electron chi connectivity index (χ3n) is 3.12. The number of anilines is 1. The van der Waals surface area contributed by atoms with Gasteiger partial charge in [0.25, 0.3) is 11.8 Å². The van der Waals surface area contributed by atoms with Gasteiger partial charge in [-0.25, -0.2) is 0 Å². The SMILES string of the molecule is CCCNC(=O)c1ccc(NC(=O)c2ccc(Cl)cc2Cl)cc1. The Morgan fingerprint density at radius 2 is 1.70 bits per heavy atom. The molecule has 0 unspecified atom stereocenters. The summed E-state index contributed by atoms with van der Waals surface area (Å²) in [5.74, 6) is -0.472. The van der Waals surface area contributed by atoms with Crippen LogP contribution in [0.25, 0.3) is 0 Å². The van der Waals surface area contributed by atoms with Crippen LogP contribution in [0.1, 0.15) is 34.1 Å². The summed E-state index contributed by atoms with van der Waals surface area (Å²) < 4.78 is 0. The second-order valence-corrected chi connectivity index (χ2v) is 5.76. The summed E-state index contributed by atoms with van der Waals surface area (Å²) in [6.07, 6.45) is 0.877. The molecule has 2 aromatic rings. The first-order chi connectivity index (χ1) is 11.0. The lowest BCUT2D eigenvalue weighted by atomic mass is 10.1. The summed E-state index contributed by atoms with van der Waals surface area (Å²) in [4.78, 5) is 24.0. The van der Waals surface area contributed by atoms with E-state index in [0.717, 1.165) is 6.42 Å². The van der Waals surface area contributed by atoms with Gasteiger partial charge in [-0.05, 0) is 48.9 Å². The predicted octanol–water partition coefficient (Wildman–Crippen LogP) is 4.39. The fourth-order valence-electron chi connectivity index (χ4n) is 1.92. The van der Waals surface area contributed by atoms with Crippen LogP contribution in [0.4, 0.5) is 5.69 Å². The van der Waals surface area contributed by atoms with E-state index in [0.29, 0.717) is 28.4 Å². The van der Waals surface area contributed by atoms with Crippen LogP contribution < -0.4 is 10.6 Å². The smallest absolute Gasteiger partial charge is 0.257 e. The average molecular weight is 351 g/mol. The van der Waals surface area contributed by atoms with Crippen molar-refractivity contribution in [2.75, 3.05) is 11.9 Å². The maximum atomic E-state index is 12.2. The third-order valence-corrected chi connectivity index (χ3v) is 3.66. The zero-order valence-electron chi connectivity index (χ0n) is 12.5. The molecule has 2 aromatic carbocycles. The van der Waals surface area contributed by atoms with Gasteiger partial charge in [-0.3, -0.25) is 9.59 Å². The summed E-state index contributed by atoms with van der Waals surface area (Å²) in [6, 6.07) is 11.3. The highest BCUT2D eigenvalue weighted by Crippen LogP contribution is 2.22. The van der Waals surface area contributed by atoms with Crippen LogP contribution in [0.2, 0.25) is 10.0 Å². The van der Waals surface area contributed by atoms with Gasteiger partial charge in [0.2, 0.25) is 0 Å². The quantitative estimate of drug-likeness (QED) is 0.840. The van der Waals surface area contributed by atoms with Crippen LogP contribution in [-0.4, -0.2) is 18.4 Å². The normalized spacial score (nSPS) is 10.2. The summed E-state index contributed by atoms with van der Waals surface area (Å²) >= 11 is 11.8. The molecule has 0 aliphatic rings. The fraction of sp³-hybridized carbons (Fsp3) is 0.176. The Bertz CT molecular complexity index is 715. The number of carbonyl (C=O) groups excluding carboxylic acids is 2. The fourth-order valence-corrected chi connectivity index (χ4v) is 2.41. The van der Waals surface area contributed by atoms with Crippen LogP contribution in [0, 0.1) is 0 Å². The molecular formula is C17H16Cl2N2O2. The average Bonchev–Trinajstić information content (AvgIpc) is 2.53. The van der Waals surface area contributed by atoms with Gasteiger partial charge in [0.15, 0.2) is 0 Å². The Labute approximate surface area is 144 Å². The molecule has 0 bridgehead atoms. The molecule has 0 spiro atoms. The Morgan fingerprint density at radius 3 is 2.30 bits per heavy atom. The van der Waals surface area contributed by atoms with E-state index in [4.69, 9.17) is 23.2 Å². The second kappa shape index (κ2) is 7.99. The summed E-state index contributed by atoms with van der Waals surface area (Å²) in [5, 5.41) is 6.27. The Morgan fingerprint density at radius 1 is 1.00 bits per heavy atom. The van der Waals surface area contributed by atoms with Crippen molar-refractivity contribution < 1.29 is 9.59 Å². The molecule has 120 valence electrons. The minimum Gasteiger partial charge on any atom is -0.352 e. The van der Waals surface area contributed by atoms with Crippen LogP contribution in [0.3, 0.4) is 0 Å². The van der Waals surface area contributed by atoms with Gasteiger partial charge in [0.1, 0.15) is 0 Å². The maximum Gasteiger partial charge on any atom is 0.257 e. The molecule has 0 aliphatic carbocycles. The number of nitrogens with one attached hydrogen (secondary N) is 2. The molecule has 2 amide bonds. The topological polar surface area (TPSA) is 58.2 Å². The molecule has 2 rings (SSSR count). The van der Waals surface area contributed by atoms with Gasteiger partial charge in [0, 0.05) is 22.8 Å². The number of hydrogen-bond donors (Lipinski definition) is 2. The zero-order valence-corrected chi connectivity index (χ0v) is 14.0. The largest absolute Gasteiger partial charge is 0.352 e. The minimum absolute atomic E-state index is 0.134. The second-order valence-electron chi connectivity index (χ2n) is 4.91. The molecule has 0 saturated heterocycles. The van der Waals surface area contributed by atoms with Crippen molar-refractivity contribution in [3.05, 3.63) is 63.6 Å². The van der Waals surface area contributed by atoms with Gasteiger partial charge in [-0.1, -0.05) is 30.1 Å². The van der Waals surface area contributed by atoms with Crippen molar-refractivity contribution >= 4 is 40.7 Å². The molecule has 6 heteroatoms. The van der Waals surface area contributed by atoms with Crippen molar-refractivity contribution in [2.45, 2.75) is 13.3 Å². The van der Waals surface area contributed by atoms with Crippen LogP contribution >= 0.6 is 23.2 Å². The minimum atomic E-state index is -0.338. The molecule has 0 aliphatic heterocycles. The van der Waals surface area contributed by atoms with E-state index >= 15 is 0 Å². The number of carbonyl (C=O) groups is 2. The highest BCUT2D eigenvalue weighted by atomic mass is 35.5. The van der Waals surface area contributed by atoms with Crippen molar-refractivity contribution in [2.24, 2.45) is 0 Å². The van der Waals surface area contributed by atoms with E-state index < -0.39 is 0 Å². The van der Waals surface area contributed by atoms with Crippen molar-refractivity contribution in [3.63, 3.8) is 0 Å². The molecule has 0 aromatic heterocycles. The van der Waals surface area contributed by atoms with Crippen molar-refractivity contribution in [1.29, 1.82) is 0 Å². The highest BCUT2D eigenvalue weighted by molar-refractivity contribution is 6.37. The van der Waals surface area contributed by atoms with E-state index in [1.165, 1.54) is 6.07 Å². The summed E-state index contributed by atoms with van der Waals surface area (Å²) in [6.45, 7) is 2.62. The lowest BCUT2D eigenvalue weighted by Crippen LogP contribution is -2.23. The van der Waals surface area contributed by atoms with Crippen molar-refractivity contribution in [3.8, 4) is 0 Å². The molecule has 0 saturated carbocycles. The van der Waals surface area contributed by atoms with E-state index in [1.54, 1.807) is 36.4 Å². The van der Waals surface area contributed by atoms with Gasteiger partial charge < -0.3 is 10.6 Å². The van der Waals surface area contributed by atoms with Crippen LogP contribution in [0.15, 0.2) is 42.5 Å². The molecule has 0 fully saturated rings. The summed E-state index contributed by atoms with van der Waals surface area (Å²) in [5.41, 5.74) is 1.45. The molecule has 0 radical (unpaired) electrons. The molecule has 2 N–H and O–H groups in total. The Hall–Kier alpha value is -2.04. The maximum absolute atomic E-state index is 12.2. The first-order valence-corrected chi connectivity index (χ1v) is 7.91. The number of halogens is 2. The first kappa shape index (κ1) is 17.3. The van der Waals surface area contributed by atoms with Crippen LogP contribution in [0.5, 0.6) is 0 Å². The lowest BCUT2D eigenvalue weighted by Gasteiger charge is -2.08. The van der Waals surface area contributed by atoms with Gasteiger partial charge in [-0.2, -0.15) is 0 Å². The van der Waals surface area contributed by atoms with Crippen LogP contribution in [-0.2, 0) is 0 Å². The van der Waals surface area contributed by atoms with E-state index in [9.17, 15) is 9.59 Å². The number of hydrogen-bond acceptors (Lipinski definition) is 2. The van der Waals surface area contributed by atoms with Crippen molar-refractivity contribution in [1.82, 2.24) is 5.32 Å². The molecule has 4 nitrogen and oxygen atoms in total. The lowest BCUT2D eigenvalue weighted by molar-refractivity contribution is 0.0953. The molecule has 0 heterocycles. The monoisotopic (exact) mass is 350 g/mol.